The Labute approximate surface area is 102 Å². The van der Waals surface area contributed by atoms with Gasteiger partial charge in [0.2, 0.25) is 0 Å². The lowest BCUT2D eigenvalue weighted by Gasteiger charge is -2.28. The summed E-state index contributed by atoms with van der Waals surface area (Å²) in [6.07, 6.45) is 6.55. The molecule has 3 nitrogen and oxygen atoms in total. The van der Waals surface area contributed by atoms with E-state index in [4.69, 9.17) is 16.3 Å². The molecule has 0 saturated heterocycles. The van der Waals surface area contributed by atoms with Gasteiger partial charge in [0.1, 0.15) is 0 Å². The molecule has 2 atom stereocenters. The summed E-state index contributed by atoms with van der Waals surface area (Å²) in [6.45, 7) is 2.97. The highest BCUT2D eigenvalue weighted by Gasteiger charge is 2.30. The normalized spacial score (nSPS) is 25.7. The number of hydrogen-bond acceptors (Lipinski definition) is 2. The molecular formula is C12H19ClN2O. The van der Waals surface area contributed by atoms with Gasteiger partial charge in [-0.3, -0.25) is 4.68 Å². The van der Waals surface area contributed by atoms with E-state index in [9.17, 15) is 0 Å². The SMILES string of the molecule is CCn1ncc(OC)c1C1CCCCC1Cl. The van der Waals surface area contributed by atoms with Gasteiger partial charge in [-0.1, -0.05) is 12.8 Å². The highest BCUT2D eigenvalue weighted by atomic mass is 35.5. The van der Waals surface area contributed by atoms with Crippen molar-refractivity contribution < 1.29 is 4.74 Å². The van der Waals surface area contributed by atoms with E-state index in [0.717, 1.165) is 25.1 Å². The number of nitrogens with zero attached hydrogens (tertiary/aromatic N) is 2. The van der Waals surface area contributed by atoms with Gasteiger partial charge < -0.3 is 4.74 Å². The van der Waals surface area contributed by atoms with Gasteiger partial charge in [-0.25, -0.2) is 0 Å². The molecule has 1 heterocycles. The number of methoxy groups -OCH3 is 1. The maximum Gasteiger partial charge on any atom is 0.160 e. The Morgan fingerprint density at radius 3 is 2.88 bits per heavy atom. The van der Waals surface area contributed by atoms with Crippen LogP contribution in [0.25, 0.3) is 0 Å². The molecule has 2 unspecified atom stereocenters. The van der Waals surface area contributed by atoms with Crippen molar-refractivity contribution in [1.82, 2.24) is 9.78 Å². The van der Waals surface area contributed by atoms with E-state index >= 15 is 0 Å². The summed E-state index contributed by atoms with van der Waals surface area (Å²) in [5.74, 6) is 1.28. The predicted octanol–water partition coefficient (Wildman–Crippen LogP) is 3.18. The van der Waals surface area contributed by atoms with E-state index in [2.05, 4.69) is 12.0 Å². The number of ether oxygens (including phenoxy) is 1. The van der Waals surface area contributed by atoms with Crippen LogP contribution in [0.2, 0.25) is 0 Å². The van der Waals surface area contributed by atoms with Gasteiger partial charge in [-0.15, -0.1) is 11.6 Å². The average Bonchev–Trinajstić information content (AvgIpc) is 2.72. The summed E-state index contributed by atoms with van der Waals surface area (Å²) >= 11 is 6.44. The van der Waals surface area contributed by atoms with E-state index < -0.39 is 0 Å². The van der Waals surface area contributed by atoms with E-state index in [1.807, 2.05) is 4.68 Å². The lowest BCUT2D eigenvalue weighted by atomic mass is 9.86. The Morgan fingerprint density at radius 2 is 2.25 bits per heavy atom. The van der Waals surface area contributed by atoms with Crippen LogP contribution in [-0.2, 0) is 6.54 Å². The molecule has 1 aliphatic carbocycles. The molecule has 1 saturated carbocycles. The number of aromatic nitrogens is 2. The number of rotatable bonds is 3. The number of halogens is 1. The molecule has 16 heavy (non-hydrogen) atoms. The fourth-order valence-corrected chi connectivity index (χ4v) is 2.95. The van der Waals surface area contributed by atoms with Crippen molar-refractivity contribution in [3.8, 4) is 5.75 Å². The first kappa shape index (κ1) is 11.8. The lowest BCUT2D eigenvalue weighted by molar-refractivity contribution is 0.378. The third-order valence-corrected chi connectivity index (χ3v) is 3.92. The van der Waals surface area contributed by atoms with Crippen LogP contribution in [0.3, 0.4) is 0 Å². The first-order valence-corrected chi connectivity index (χ1v) is 6.45. The Balaban J connectivity index is 2.32. The number of hydrogen-bond donors (Lipinski definition) is 0. The Kier molecular flexibility index (Phi) is 3.74. The van der Waals surface area contributed by atoms with E-state index in [1.165, 1.54) is 18.5 Å². The smallest absolute Gasteiger partial charge is 0.160 e. The van der Waals surface area contributed by atoms with Crippen molar-refractivity contribution in [1.29, 1.82) is 0 Å². The van der Waals surface area contributed by atoms with Crippen LogP contribution >= 0.6 is 11.6 Å². The second kappa shape index (κ2) is 5.09. The summed E-state index contributed by atoms with van der Waals surface area (Å²) in [6, 6.07) is 0. The molecule has 4 heteroatoms. The van der Waals surface area contributed by atoms with Gasteiger partial charge in [-0.05, 0) is 19.8 Å². The Hall–Kier alpha value is -0.700. The first-order valence-electron chi connectivity index (χ1n) is 6.01. The second-order valence-corrected chi connectivity index (χ2v) is 4.88. The lowest BCUT2D eigenvalue weighted by Crippen LogP contribution is -2.21. The molecule has 90 valence electrons. The van der Waals surface area contributed by atoms with Crippen LogP contribution in [0.4, 0.5) is 0 Å². The summed E-state index contributed by atoms with van der Waals surface area (Å²) in [5.41, 5.74) is 1.18. The monoisotopic (exact) mass is 242 g/mol. The highest BCUT2D eigenvalue weighted by Crippen LogP contribution is 2.40. The highest BCUT2D eigenvalue weighted by molar-refractivity contribution is 6.21. The molecule has 1 fully saturated rings. The molecule has 0 bridgehead atoms. The van der Waals surface area contributed by atoms with Crippen molar-refractivity contribution in [2.75, 3.05) is 7.11 Å². The van der Waals surface area contributed by atoms with Crippen LogP contribution < -0.4 is 4.74 Å². The molecule has 1 aliphatic rings. The number of aryl methyl sites for hydroxylation is 1. The second-order valence-electron chi connectivity index (χ2n) is 4.32. The van der Waals surface area contributed by atoms with Crippen LogP contribution in [-0.4, -0.2) is 22.3 Å². The molecule has 0 radical (unpaired) electrons. The van der Waals surface area contributed by atoms with Crippen molar-refractivity contribution in [2.24, 2.45) is 0 Å². The summed E-state index contributed by atoms with van der Waals surface area (Å²) < 4.78 is 7.41. The fourth-order valence-electron chi connectivity index (χ4n) is 2.55. The minimum Gasteiger partial charge on any atom is -0.493 e. The molecule has 0 spiro atoms. The topological polar surface area (TPSA) is 27.1 Å². The third kappa shape index (κ3) is 2.05. The largest absolute Gasteiger partial charge is 0.493 e. The molecule has 1 aromatic rings. The van der Waals surface area contributed by atoms with Crippen LogP contribution in [0.15, 0.2) is 6.20 Å². The zero-order valence-corrected chi connectivity index (χ0v) is 10.7. The molecule has 0 aromatic carbocycles. The minimum atomic E-state index is 0.227. The molecule has 0 aliphatic heterocycles. The summed E-state index contributed by atoms with van der Waals surface area (Å²) in [5, 5.41) is 4.57. The Morgan fingerprint density at radius 1 is 1.50 bits per heavy atom. The van der Waals surface area contributed by atoms with Gasteiger partial charge in [0.05, 0.1) is 19.0 Å². The first-order chi connectivity index (χ1) is 7.77. The zero-order chi connectivity index (χ0) is 11.5. The van der Waals surface area contributed by atoms with Crippen LogP contribution in [0.1, 0.15) is 44.2 Å². The van der Waals surface area contributed by atoms with Gasteiger partial charge in [0.15, 0.2) is 5.75 Å². The molecular weight excluding hydrogens is 224 g/mol. The summed E-state index contributed by atoms with van der Waals surface area (Å²) in [4.78, 5) is 0. The van der Waals surface area contributed by atoms with Crippen molar-refractivity contribution >= 4 is 11.6 Å². The van der Waals surface area contributed by atoms with Crippen molar-refractivity contribution in [2.45, 2.75) is 50.4 Å². The number of alkyl halides is 1. The van der Waals surface area contributed by atoms with Crippen molar-refractivity contribution in [3.63, 3.8) is 0 Å². The van der Waals surface area contributed by atoms with Gasteiger partial charge in [0, 0.05) is 17.8 Å². The van der Waals surface area contributed by atoms with E-state index in [0.29, 0.717) is 5.92 Å². The summed E-state index contributed by atoms with van der Waals surface area (Å²) in [7, 11) is 1.70. The van der Waals surface area contributed by atoms with Gasteiger partial charge in [-0.2, -0.15) is 5.10 Å². The molecule has 0 amide bonds. The van der Waals surface area contributed by atoms with E-state index in [-0.39, 0.29) is 5.38 Å². The molecule has 1 aromatic heterocycles. The predicted molar refractivity (Wildman–Crippen MR) is 65.3 cm³/mol. The van der Waals surface area contributed by atoms with E-state index in [1.54, 1.807) is 13.3 Å². The van der Waals surface area contributed by atoms with Crippen LogP contribution in [0, 0.1) is 0 Å². The molecule has 0 N–H and O–H groups in total. The molecule has 2 rings (SSSR count). The Bertz CT molecular complexity index is 329. The van der Waals surface area contributed by atoms with Crippen molar-refractivity contribution in [3.05, 3.63) is 11.9 Å². The minimum absolute atomic E-state index is 0.227. The standard InChI is InChI=1S/C12H19ClN2O/c1-3-15-12(11(16-2)8-14-15)9-6-4-5-7-10(9)13/h8-10H,3-7H2,1-2H3. The fraction of sp³-hybridized carbons (Fsp3) is 0.750. The third-order valence-electron chi connectivity index (χ3n) is 3.40. The maximum atomic E-state index is 6.44. The quantitative estimate of drug-likeness (QED) is 0.762. The van der Waals surface area contributed by atoms with Gasteiger partial charge in [0.25, 0.3) is 0 Å². The van der Waals surface area contributed by atoms with Crippen LogP contribution in [0.5, 0.6) is 5.75 Å². The maximum absolute atomic E-state index is 6.44. The zero-order valence-electron chi connectivity index (χ0n) is 9.95. The average molecular weight is 243 g/mol. The van der Waals surface area contributed by atoms with Gasteiger partial charge >= 0.3 is 0 Å².